The van der Waals surface area contributed by atoms with Crippen molar-refractivity contribution in [2.45, 2.75) is 25.0 Å². The SMILES string of the molecule is O=C(/C=C/c1nc2ccccc2o1)O[C@@H](C(=O)NC1CC1)c1ccccc1. The van der Waals surface area contributed by atoms with Gasteiger partial charge in [-0.05, 0) is 25.0 Å². The minimum absolute atomic E-state index is 0.178. The van der Waals surface area contributed by atoms with Crippen molar-refractivity contribution in [3.63, 3.8) is 0 Å². The molecule has 1 aliphatic rings. The van der Waals surface area contributed by atoms with Crippen LogP contribution >= 0.6 is 0 Å². The summed E-state index contributed by atoms with van der Waals surface area (Å²) in [5, 5.41) is 2.88. The van der Waals surface area contributed by atoms with E-state index in [0.29, 0.717) is 22.6 Å². The second-order valence-electron chi connectivity index (χ2n) is 6.36. The topological polar surface area (TPSA) is 81.4 Å². The maximum atomic E-state index is 12.5. The van der Waals surface area contributed by atoms with Gasteiger partial charge in [-0.15, -0.1) is 0 Å². The molecule has 0 spiro atoms. The van der Waals surface area contributed by atoms with Crippen molar-refractivity contribution in [1.82, 2.24) is 10.3 Å². The molecule has 0 aliphatic heterocycles. The van der Waals surface area contributed by atoms with Gasteiger partial charge in [-0.1, -0.05) is 42.5 Å². The normalized spacial score (nSPS) is 15.0. The van der Waals surface area contributed by atoms with Gasteiger partial charge in [-0.2, -0.15) is 0 Å². The first-order valence-corrected chi connectivity index (χ1v) is 8.78. The Balaban J connectivity index is 1.47. The van der Waals surface area contributed by atoms with Gasteiger partial charge < -0.3 is 14.5 Å². The Morgan fingerprint density at radius 3 is 2.59 bits per heavy atom. The fourth-order valence-corrected chi connectivity index (χ4v) is 2.66. The van der Waals surface area contributed by atoms with Gasteiger partial charge in [0.15, 0.2) is 5.58 Å². The van der Waals surface area contributed by atoms with Gasteiger partial charge in [0, 0.05) is 23.8 Å². The molecule has 27 heavy (non-hydrogen) atoms. The summed E-state index contributed by atoms with van der Waals surface area (Å²) in [6.45, 7) is 0. The molecule has 1 atom stereocenters. The molecule has 1 amide bonds. The highest BCUT2D eigenvalue weighted by atomic mass is 16.5. The molecule has 6 nitrogen and oxygen atoms in total. The lowest BCUT2D eigenvalue weighted by Gasteiger charge is -2.17. The van der Waals surface area contributed by atoms with E-state index < -0.39 is 12.1 Å². The van der Waals surface area contributed by atoms with E-state index in [2.05, 4.69) is 10.3 Å². The number of carbonyl (C=O) groups is 2. The molecule has 4 rings (SSSR count). The van der Waals surface area contributed by atoms with E-state index in [0.717, 1.165) is 12.8 Å². The number of nitrogens with zero attached hydrogens (tertiary/aromatic N) is 1. The number of esters is 1. The Morgan fingerprint density at radius 2 is 1.85 bits per heavy atom. The Bertz CT molecular complexity index is 957. The van der Waals surface area contributed by atoms with Crippen molar-refractivity contribution in [1.29, 1.82) is 0 Å². The van der Waals surface area contributed by atoms with Crippen LogP contribution in [0.4, 0.5) is 0 Å². The number of oxazole rings is 1. The van der Waals surface area contributed by atoms with E-state index in [1.165, 1.54) is 12.2 Å². The van der Waals surface area contributed by atoms with Crippen LogP contribution in [0.15, 0.2) is 65.1 Å². The van der Waals surface area contributed by atoms with Gasteiger partial charge in [0.1, 0.15) is 5.52 Å². The minimum Gasteiger partial charge on any atom is -0.444 e. The van der Waals surface area contributed by atoms with E-state index >= 15 is 0 Å². The number of aromatic nitrogens is 1. The number of amides is 1. The van der Waals surface area contributed by atoms with Crippen LogP contribution in [0.1, 0.15) is 30.4 Å². The van der Waals surface area contributed by atoms with Crippen molar-refractivity contribution >= 4 is 29.1 Å². The summed E-state index contributed by atoms with van der Waals surface area (Å²) in [5.74, 6) is -0.656. The van der Waals surface area contributed by atoms with Gasteiger partial charge >= 0.3 is 5.97 Å². The zero-order valence-corrected chi connectivity index (χ0v) is 14.5. The average molecular weight is 362 g/mol. The lowest BCUT2D eigenvalue weighted by atomic mass is 10.1. The molecule has 0 radical (unpaired) electrons. The summed E-state index contributed by atoms with van der Waals surface area (Å²) in [7, 11) is 0. The summed E-state index contributed by atoms with van der Waals surface area (Å²) < 4.78 is 10.9. The monoisotopic (exact) mass is 362 g/mol. The Hall–Kier alpha value is -3.41. The third-order valence-corrected chi connectivity index (χ3v) is 4.17. The number of hydrogen-bond donors (Lipinski definition) is 1. The van der Waals surface area contributed by atoms with E-state index in [1.54, 1.807) is 30.3 Å². The molecule has 136 valence electrons. The molecule has 0 unspecified atom stereocenters. The first-order valence-electron chi connectivity index (χ1n) is 8.78. The lowest BCUT2D eigenvalue weighted by molar-refractivity contribution is -0.151. The van der Waals surface area contributed by atoms with Crippen LogP contribution in [0, 0.1) is 0 Å². The van der Waals surface area contributed by atoms with Crippen LogP contribution in [-0.2, 0) is 14.3 Å². The summed E-state index contributed by atoms with van der Waals surface area (Å²) in [6, 6.07) is 16.5. The van der Waals surface area contributed by atoms with Crippen molar-refractivity contribution in [3.05, 3.63) is 72.1 Å². The predicted octanol–water partition coefficient (Wildman–Crippen LogP) is 3.40. The van der Waals surface area contributed by atoms with Crippen LogP contribution < -0.4 is 5.32 Å². The van der Waals surface area contributed by atoms with Gasteiger partial charge in [-0.3, -0.25) is 4.79 Å². The molecule has 3 aromatic rings. The number of ether oxygens (including phenoxy) is 1. The van der Waals surface area contributed by atoms with Crippen molar-refractivity contribution in [2.75, 3.05) is 0 Å². The number of hydrogen-bond acceptors (Lipinski definition) is 5. The Morgan fingerprint density at radius 1 is 1.11 bits per heavy atom. The van der Waals surface area contributed by atoms with Crippen LogP contribution in [0.25, 0.3) is 17.2 Å². The first kappa shape index (κ1) is 17.0. The second-order valence-corrected chi connectivity index (χ2v) is 6.36. The molecule has 2 aromatic carbocycles. The molecule has 1 heterocycles. The molecular formula is C21H18N2O4. The minimum atomic E-state index is -0.993. The highest BCUT2D eigenvalue weighted by Crippen LogP contribution is 2.23. The average Bonchev–Trinajstić information content (AvgIpc) is 3.40. The number of rotatable bonds is 6. The number of carbonyl (C=O) groups excluding carboxylic acids is 2. The smallest absolute Gasteiger partial charge is 0.332 e. The van der Waals surface area contributed by atoms with Gasteiger partial charge in [0.25, 0.3) is 5.91 Å². The number of benzene rings is 2. The molecule has 1 aromatic heterocycles. The van der Waals surface area contributed by atoms with Crippen molar-refractivity contribution in [2.24, 2.45) is 0 Å². The van der Waals surface area contributed by atoms with E-state index in [4.69, 9.17) is 9.15 Å². The van der Waals surface area contributed by atoms with Crippen LogP contribution in [0.5, 0.6) is 0 Å². The predicted molar refractivity (Wildman–Crippen MR) is 99.5 cm³/mol. The molecule has 6 heteroatoms. The highest BCUT2D eigenvalue weighted by molar-refractivity contribution is 5.91. The zero-order chi connectivity index (χ0) is 18.6. The third kappa shape index (κ3) is 4.23. The molecular weight excluding hydrogens is 344 g/mol. The van der Waals surface area contributed by atoms with Crippen LogP contribution in [-0.4, -0.2) is 22.9 Å². The number of para-hydroxylation sites is 2. The van der Waals surface area contributed by atoms with Crippen LogP contribution in [0.2, 0.25) is 0 Å². The summed E-state index contributed by atoms with van der Waals surface area (Å²) >= 11 is 0. The first-order chi connectivity index (χ1) is 13.2. The van der Waals surface area contributed by atoms with Crippen molar-refractivity contribution in [3.8, 4) is 0 Å². The van der Waals surface area contributed by atoms with Gasteiger partial charge in [0.2, 0.25) is 12.0 Å². The molecule has 1 aliphatic carbocycles. The third-order valence-electron chi connectivity index (χ3n) is 4.17. The molecule has 0 saturated heterocycles. The lowest BCUT2D eigenvalue weighted by Crippen LogP contribution is -2.33. The summed E-state index contributed by atoms with van der Waals surface area (Å²) in [4.78, 5) is 29.0. The molecule has 1 saturated carbocycles. The van der Waals surface area contributed by atoms with Crippen LogP contribution in [0.3, 0.4) is 0 Å². The van der Waals surface area contributed by atoms with Gasteiger partial charge in [-0.25, -0.2) is 9.78 Å². The van der Waals surface area contributed by atoms with Gasteiger partial charge in [0.05, 0.1) is 0 Å². The van der Waals surface area contributed by atoms with E-state index in [-0.39, 0.29) is 11.9 Å². The van der Waals surface area contributed by atoms with E-state index in [1.807, 2.05) is 24.3 Å². The maximum absolute atomic E-state index is 12.5. The Labute approximate surface area is 155 Å². The quantitative estimate of drug-likeness (QED) is 0.537. The second kappa shape index (κ2) is 7.45. The molecule has 0 bridgehead atoms. The highest BCUT2D eigenvalue weighted by Gasteiger charge is 2.30. The fourth-order valence-electron chi connectivity index (χ4n) is 2.66. The number of fused-ring (bicyclic) bond motifs is 1. The maximum Gasteiger partial charge on any atom is 0.332 e. The standard InChI is InChI=1S/C21H18N2O4/c24-19(13-12-18-23-16-8-4-5-9-17(16)26-18)27-20(14-6-2-1-3-7-14)21(25)22-15-10-11-15/h1-9,12-13,15,20H,10-11H2,(H,22,25)/b13-12+/t20-/m1/s1. The van der Waals surface area contributed by atoms with E-state index in [9.17, 15) is 9.59 Å². The largest absolute Gasteiger partial charge is 0.444 e. The Kier molecular flexibility index (Phi) is 4.70. The zero-order valence-electron chi connectivity index (χ0n) is 14.5. The molecule has 1 fully saturated rings. The van der Waals surface area contributed by atoms with Crippen molar-refractivity contribution < 1.29 is 18.7 Å². The number of nitrogens with one attached hydrogen (secondary N) is 1. The fraction of sp³-hybridized carbons (Fsp3) is 0.190. The summed E-state index contributed by atoms with van der Waals surface area (Å²) in [6.07, 6.45) is 3.57. The molecule has 1 N–H and O–H groups in total. The summed E-state index contributed by atoms with van der Waals surface area (Å²) in [5.41, 5.74) is 1.97.